The average molecular weight is 453 g/mol. The van der Waals surface area contributed by atoms with Crippen LogP contribution in [0.25, 0.3) is 0 Å². The summed E-state index contributed by atoms with van der Waals surface area (Å²) in [5.74, 6) is 3.71. The number of hydrogen-bond acceptors (Lipinski definition) is 5. The van der Waals surface area contributed by atoms with Crippen molar-refractivity contribution in [2.45, 2.75) is 77.7 Å². The summed E-state index contributed by atoms with van der Waals surface area (Å²) in [6.45, 7) is 7.65. The van der Waals surface area contributed by atoms with Gasteiger partial charge in [-0.15, -0.1) is 12.4 Å². The van der Waals surface area contributed by atoms with Gasteiger partial charge in [0.1, 0.15) is 11.9 Å². The molecule has 1 heterocycles. The van der Waals surface area contributed by atoms with Gasteiger partial charge in [-0.25, -0.2) is 0 Å². The molecule has 1 unspecified atom stereocenters. The molecule has 0 amide bonds. The van der Waals surface area contributed by atoms with Gasteiger partial charge in [0.25, 0.3) is 0 Å². The van der Waals surface area contributed by atoms with Crippen LogP contribution in [0.5, 0.6) is 0 Å². The highest BCUT2D eigenvalue weighted by atomic mass is 35.5. The minimum atomic E-state index is -0.0687. The number of carbonyl (C=O) groups excluding carboxylic acids is 1. The van der Waals surface area contributed by atoms with E-state index in [1.807, 2.05) is 7.11 Å². The van der Waals surface area contributed by atoms with Crippen LogP contribution in [-0.4, -0.2) is 44.4 Å². The largest absolute Gasteiger partial charge is 0.391 e. The molecule has 8 atom stereocenters. The standard InChI is InChI=1S/C25H40N2O3.ClH/c1-24-9-6-18(27-30-19-8-11-26-14-19)13-17(24)12-16(15-29-3)23-20-4-5-22(28)25(20,2)10-7-21(23)24;/h16-17,19-21,23,26H,4-15H2,1-3H3;1H/b27-18+;/t16-,17?,19+,20-,21-,23-,24-,25-;/m0./s1. The van der Waals surface area contributed by atoms with Crippen molar-refractivity contribution >= 4 is 23.9 Å². The van der Waals surface area contributed by atoms with E-state index >= 15 is 0 Å². The minimum absolute atomic E-state index is 0. The van der Waals surface area contributed by atoms with Crippen LogP contribution in [0.15, 0.2) is 5.16 Å². The van der Waals surface area contributed by atoms with Gasteiger partial charge < -0.3 is 14.9 Å². The smallest absolute Gasteiger partial charge is 0.141 e. The highest BCUT2D eigenvalue weighted by Crippen LogP contribution is 2.66. The quantitative estimate of drug-likeness (QED) is 0.632. The Balaban J connectivity index is 0.00000231. The number of rotatable bonds is 4. The first-order valence-electron chi connectivity index (χ1n) is 12.4. The molecule has 0 bridgehead atoms. The SMILES string of the molecule is COC[C@@H]1CC2C/C(=N/O[C@@H]3CCNC3)CC[C@]2(C)[C@H]2CC[C@]3(C)C(=O)CC[C@H]3[C@H]12.Cl. The number of nitrogens with zero attached hydrogens (tertiary/aromatic N) is 1. The number of fused-ring (bicyclic) bond motifs is 5. The fourth-order valence-corrected chi connectivity index (χ4v) is 8.34. The van der Waals surface area contributed by atoms with Crippen molar-refractivity contribution < 1.29 is 14.4 Å². The zero-order valence-corrected chi connectivity index (χ0v) is 20.3. The number of oxime groups is 1. The summed E-state index contributed by atoms with van der Waals surface area (Å²) in [4.78, 5) is 18.7. The highest BCUT2D eigenvalue weighted by molar-refractivity contribution is 5.87. The van der Waals surface area contributed by atoms with Crippen LogP contribution in [0.4, 0.5) is 0 Å². The van der Waals surface area contributed by atoms with Gasteiger partial charge in [-0.1, -0.05) is 19.0 Å². The lowest BCUT2D eigenvalue weighted by Gasteiger charge is -2.62. The number of Topliss-reactive ketones (excluding diaryl/α,β-unsaturated/α-hetero) is 1. The summed E-state index contributed by atoms with van der Waals surface area (Å²) >= 11 is 0. The van der Waals surface area contributed by atoms with Crippen molar-refractivity contribution in [1.29, 1.82) is 0 Å². The van der Waals surface area contributed by atoms with Gasteiger partial charge in [-0.3, -0.25) is 4.79 Å². The van der Waals surface area contributed by atoms with E-state index in [9.17, 15) is 4.79 Å². The summed E-state index contributed by atoms with van der Waals surface area (Å²) in [6, 6.07) is 0. The maximum absolute atomic E-state index is 12.8. The molecule has 4 saturated carbocycles. The molecule has 5 aliphatic rings. The van der Waals surface area contributed by atoms with Gasteiger partial charge in [0.2, 0.25) is 0 Å². The zero-order chi connectivity index (χ0) is 20.9. The molecule has 5 fully saturated rings. The van der Waals surface area contributed by atoms with Crippen LogP contribution in [0.2, 0.25) is 0 Å². The molecule has 1 saturated heterocycles. The fraction of sp³-hybridized carbons (Fsp3) is 0.920. The van der Waals surface area contributed by atoms with E-state index in [4.69, 9.17) is 9.57 Å². The van der Waals surface area contributed by atoms with Crippen LogP contribution in [0.3, 0.4) is 0 Å². The van der Waals surface area contributed by atoms with E-state index in [0.29, 0.717) is 34.9 Å². The van der Waals surface area contributed by atoms with E-state index in [1.54, 1.807) is 0 Å². The third-order valence-electron chi connectivity index (χ3n) is 10.1. The Morgan fingerprint density at radius 1 is 1.13 bits per heavy atom. The molecule has 1 N–H and O–H groups in total. The Bertz CT molecular complexity index is 709. The third kappa shape index (κ3) is 3.87. The molecular weight excluding hydrogens is 412 g/mol. The molecule has 5 nitrogen and oxygen atoms in total. The van der Waals surface area contributed by atoms with Gasteiger partial charge in [0.05, 0.1) is 5.71 Å². The number of ketones is 1. The first-order chi connectivity index (χ1) is 14.5. The van der Waals surface area contributed by atoms with E-state index in [0.717, 1.165) is 64.1 Å². The lowest BCUT2D eigenvalue weighted by molar-refractivity contribution is -0.149. The fourth-order valence-electron chi connectivity index (χ4n) is 8.34. The number of nitrogens with one attached hydrogen (secondary N) is 1. The summed E-state index contributed by atoms with van der Waals surface area (Å²) in [5, 5.41) is 7.99. The van der Waals surface area contributed by atoms with Crippen LogP contribution in [-0.2, 0) is 14.4 Å². The van der Waals surface area contributed by atoms with E-state index in [-0.39, 0.29) is 23.9 Å². The van der Waals surface area contributed by atoms with Gasteiger partial charge in [-0.2, -0.15) is 0 Å². The van der Waals surface area contributed by atoms with Crippen molar-refractivity contribution in [1.82, 2.24) is 5.32 Å². The molecule has 0 aromatic carbocycles. The molecule has 6 heteroatoms. The Kier molecular flexibility index (Phi) is 6.78. The molecule has 0 radical (unpaired) electrons. The molecular formula is C25H41ClN2O3. The van der Waals surface area contributed by atoms with Crippen molar-refractivity contribution in [3.63, 3.8) is 0 Å². The Morgan fingerprint density at radius 2 is 1.97 bits per heavy atom. The van der Waals surface area contributed by atoms with Gasteiger partial charge in [0.15, 0.2) is 0 Å². The maximum Gasteiger partial charge on any atom is 0.141 e. The number of hydrogen-bond donors (Lipinski definition) is 1. The normalized spacial score (nSPS) is 48.0. The highest BCUT2D eigenvalue weighted by Gasteiger charge is 2.62. The predicted molar refractivity (Wildman–Crippen MR) is 125 cm³/mol. The van der Waals surface area contributed by atoms with Crippen molar-refractivity contribution in [3.05, 3.63) is 0 Å². The van der Waals surface area contributed by atoms with Crippen LogP contribution >= 0.6 is 12.4 Å². The molecule has 1 aliphatic heterocycles. The molecule has 0 aromatic heterocycles. The first kappa shape index (κ1) is 23.5. The Labute approximate surface area is 193 Å². The van der Waals surface area contributed by atoms with Crippen molar-refractivity contribution in [2.75, 3.05) is 26.8 Å². The first-order valence-corrected chi connectivity index (χ1v) is 12.4. The van der Waals surface area contributed by atoms with Crippen LogP contribution in [0, 0.1) is 40.4 Å². The molecule has 176 valence electrons. The summed E-state index contributed by atoms with van der Waals surface area (Å²) in [6.07, 6.45) is 10.1. The monoisotopic (exact) mass is 452 g/mol. The lowest BCUT2D eigenvalue weighted by atomic mass is 9.43. The van der Waals surface area contributed by atoms with E-state index in [1.165, 1.54) is 25.0 Å². The van der Waals surface area contributed by atoms with Gasteiger partial charge >= 0.3 is 0 Å². The maximum atomic E-state index is 12.8. The Morgan fingerprint density at radius 3 is 2.71 bits per heavy atom. The second-order valence-corrected chi connectivity index (χ2v) is 11.4. The van der Waals surface area contributed by atoms with E-state index < -0.39 is 0 Å². The molecule has 31 heavy (non-hydrogen) atoms. The summed E-state index contributed by atoms with van der Waals surface area (Å²) < 4.78 is 5.75. The third-order valence-corrected chi connectivity index (χ3v) is 10.1. The van der Waals surface area contributed by atoms with E-state index in [2.05, 4.69) is 24.3 Å². The number of methoxy groups -OCH3 is 1. The summed E-state index contributed by atoms with van der Waals surface area (Å²) in [5.41, 5.74) is 1.58. The number of carbonyl (C=O) groups is 1. The number of ether oxygens (including phenoxy) is 1. The molecule has 5 rings (SSSR count). The minimum Gasteiger partial charge on any atom is -0.391 e. The number of halogens is 1. The molecule has 0 aromatic rings. The van der Waals surface area contributed by atoms with Crippen molar-refractivity contribution in [2.24, 2.45) is 45.6 Å². The van der Waals surface area contributed by atoms with Gasteiger partial charge in [-0.05, 0) is 86.5 Å². The second kappa shape index (κ2) is 8.95. The lowest BCUT2D eigenvalue weighted by Crippen LogP contribution is -2.57. The average Bonchev–Trinajstić information content (AvgIpc) is 3.35. The molecule has 4 aliphatic carbocycles. The van der Waals surface area contributed by atoms with Crippen LogP contribution < -0.4 is 5.32 Å². The topological polar surface area (TPSA) is 59.9 Å². The molecule has 0 spiro atoms. The predicted octanol–water partition coefficient (Wildman–Crippen LogP) is 4.63. The second-order valence-electron chi connectivity index (χ2n) is 11.4. The zero-order valence-electron chi connectivity index (χ0n) is 19.5. The van der Waals surface area contributed by atoms with Gasteiger partial charge in [0, 0.05) is 38.5 Å². The van der Waals surface area contributed by atoms with Crippen LogP contribution in [0.1, 0.15) is 71.6 Å². The Hall–Kier alpha value is -0.650. The van der Waals surface area contributed by atoms with Crippen molar-refractivity contribution in [3.8, 4) is 0 Å². The summed E-state index contributed by atoms with van der Waals surface area (Å²) in [7, 11) is 1.85.